The average molecular weight is 269 g/mol. The number of halogens is 1. The van der Waals surface area contributed by atoms with E-state index >= 15 is 0 Å². The number of carbonyl (C=O) groups is 1. The van der Waals surface area contributed by atoms with Crippen LogP contribution in [0.1, 0.15) is 30.9 Å². The van der Waals surface area contributed by atoms with E-state index < -0.39 is 23.6 Å². The van der Waals surface area contributed by atoms with Gasteiger partial charge in [0.15, 0.2) is 11.6 Å². The van der Waals surface area contributed by atoms with Crippen molar-refractivity contribution in [3.63, 3.8) is 0 Å². The number of nitrogens with one attached hydrogen (secondary N) is 1. The molecule has 5 nitrogen and oxygen atoms in total. The maximum Gasteiger partial charge on any atom is 0.267 e. The molecule has 0 saturated carbocycles. The van der Waals surface area contributed by atoms with Crippen molar-refractivity contribution in [2.24, 2.45) is 0 Å². The van der Waals surface area contributed by atoms with Crippen LogP contribution in [0.3, 0.4) is 0 Å². The second-order valence-corrected chi connectivity index (χ2v) is 4.04. The number of phenols is 1. The van der Waals surface area contributed by atoms with Crippen molar-refractivity contribution in [2.75, 3.05) is 0 Å². The molecule has 0 spiro atoms. The molecule has 0 heterocycles. The summed E-state index contributed by atoms with van der Waals surface area (Å²) in [5, 5.41) is 27.1. The Bertz CT molecular complexity index is 462. The first kappa shape index (κ1) is 15.1. The van der Waals surface area contributed by atoms with Crippen molar-refractivity contribution in [3.8, 4) is 5.75 Å². The van der Waals surface area contributed by atoms with Crippen LogP contribution in [-0.4, -0.2) is 21.3 Å². The molecule has 6 heteroatoms. The summed E-state index contributed by atoms with van der Waals surface area (Å²) in [6, 6.07) is 3.74. The molecule has 0 saturated heterocycles. The molecular formula is C13H16FNO4. The third-order valence-corrected chi connectivity index (χ3v) is 2.58. The minimum absolute atomic E-state index is 0.396. The van der Waals surface area contributed by atoms with E-state index in [4.69, 9.17) is 10.3 Å². The third kappa shape index (κ3) is 5.07. The highest BCUT2D eigenvalue weighted by Gasteiger charge is 2.09. The van der Waals surface area contributed by atoms with E-state index in [1.807, 2.05) is 0 Å². The van der Waals surface area contributed by atoms with Crippen molar-refractivity contribution >= 4 is 5.91 Å². The van der Waals surface area contributed by atoms with E-state index in [0.29, 0.717) is 24.8 Å². The molecule has 1 atom stereocenters. The molecule has 104 valence electrons. The van der Waals surface area contributed by atoms with E-state index in [9.17, 15) is 14.3 Å². The van der Waals surface area contributed by atoms with Gasteiger partial charge in [0, 0.05) is 6.08 Å². The Kier molecular flexibility index (Phi) is 5.98. The van der Waals surface area contributed by atoms with Gasteiger partial charge in [0.05, 0.1) is 6.10 Å². The molecule has 1 aromatic rings. The number of amides is 1. The van der Waals surface area contributed by atoms with Gasteiger partial charge in [-0.25, -0.2) is 9.87 Å². The minimum atomic E-state index is -0.824. The lowest BCUT2D eigenvalue weighted by atomic mass is 10.0. The van der Waals surface area contributed by atoms with Gasteiger partial charge in [-0.2, -0.15) is 0 Å². The first-order chi connectivity index (χ1) is 9.04. The third-order valence-electron chi connectivity index (χ3n) is 2.58. The molecule has 1 aromatic carbocycles. The maximum atomic E-state index is 13.1. The van der Waals surface area contributed by atoms with Crippen LogP contribution < -0.4 is 5.48 Å². The standard InChI is InChI=1S/C13H16FNO4/c14-10-8-9(6-7-12(10)17)11(16)4-2-1-3-5-13(18)15-19/h3,5-8,11,16-17,19H,1-2,4H2,(H,15,18)/b5-3+/t11-/m1/s1. The summed E-state index contributed by atoms with van der Waals surface area (Å²) in [5.41, 5.74) is 1.86. The molecular weight excluding hydrogens is 253 g/mol. The fourth-order valence-electron chi connectivity index (χ4n) is 1.55. The lowest BCUT2D eigenvalue weighted by Crippen LogP contribution is -2.14. The quantitative estimate of drug-likeness (QED) is 0.274. The van der Waals surface area contributed by atoms with Crippen molar-refractivity contribution in [1.82, 2.24) is 5.48 Å². The van der Waals surface area contributed by atoms with Crippen LogP contribution in [0.25, 0.3) is 0 Å². The van der Waals surface area contributed by atoms with Gasteiger partial charge in [0.25, 0.3) is 5.91 Å². The maximum absolute atomic E-state index is 13.1. The number of carbonyl (C=O) groups excluding carboxylic acids is 1. The van der Waals surface area contributed by atoms with Crippen LogP contribution in [0.15, 0.2) is 30.4 Å². The second-order valence-electron chi connectivity index (χ2n) is 4.04. The molecule has 19 heavy (non-hydrogen) atoms. The molecule has 0 radical (unpaired) electrons. The Morgan fingerprint density at radius 2 is 2.21 bits per heavy atom. The van der Waals surface area contributed by atoms with Crippen LogP contribution in [0.5, 0.6) is 5.75 Å². The second kappa shape index (κ2) is 7.50. The number of aromatic hydroxyl groups is 1. The van der Waals surface area contributed by atoms with Gasteiger partial charge in [-0.15, -0.1) is 0 Å². The van der Waals surface area contributed by atoms with Crippen molar-refractivity contribution < 1.29 is 24.6 Å². The highest BCUT2D eigenvalue weighted by Crippen LogP contribution is 2.24. The Morgan fingerprint density at radius 1 is 1.47 bits per heavy atom. The highest BCUT2D eigenvalue weighted by molar-refractivity contribution is 5.86. The number of unbranched alkanes of at least 4 members (excludes halogenated alkanes) is 1. The lowest BCUT2D eigenvalue weighted by Gasteiger charge is -2.10. The van der Waals surface area contributed by atoms with Crippen molar-refractivity contribution in [2.45, 2.75) is 25.4 Å². The summed E-state index contributed by atoms with van der Waals surface area (Å²) < 4.78 is 13.1. The normalized spacial score (nSPS) is 12.6. The van der Waals surface area contributed by atoms with Gasteiger partial charge in [-0.1, -0.05) is 12.1 Å². The number of phenolic OH excluding ortho intramolecular Hbond substituents is 1. The SMILES string of the molecule is O=C(/C=C/CCC[C@@H](O)c1ccc(O)c(F)c1)NO. The Labute approximate surface area is 110 Å². The monoisotopic (exact) mass is 269 g/mol. The molecule has 0 aliphatic heterocycles. The predicted octanol–water partition coefficient (Wildman–Crippen LogP) is 1.80. The van der Waals surface area contributed by atoms with E-state index in [0.717, 1.165) is 6.07 Å². The topological polar surface area (TPSA) is 89.8 Å². The summed E-state index contributed by atoms with van der Waals surface area (Å²) in [5.74, 6) is -1.83. The summed E-state index contributed by atoms with van der Waals surface area (Å²) >= 11 is 0. The van der Waals surface area contributed by atoms with Gasteiger partial charge < -0.3 is 10.2 Å². The summed E-state index contributed by atoms with van der Waals surface area (Å²) in [7, 11) is 0. The number of allylic oxidation sites excluding steroid dienone is 1. The fourth-order valence-corrected chi connectivity index (χ4v) is 1.55. The smallest absolute Gasteiger partial charge is 0.267 e. The molecule has 0 aromatic heterocycles. The highest BCUT2D eigenvalue weighted by atomic mass is 19.1. The lowest BCUT2D eigenvalue weighted by molar-refractivity contribution is -0.124. The molecule has 1 rings (SSSR count). The number of hydrogen-bond acceptors (Lipinski definition) is 4. The van der Waals surface area contributed by atoms with E-state index in [-0.39, 0.29) is 0 Å². The van der Waals surface area contributed by atoms with Gasteiger partial charge in [0.2, 0.25) is 0 Å². The minimum Gasteiger partial charge on any atom is -0.505 e. The van der Waals surface area contributed by atoms with E-state index in [1.165, 1.54) is 23.7 Å². The first-order valence-electron chi connectivity index (χ1n) is 5.81. The number of aliphatic hydroxyl groups is 1. The van der Waals surface area contributed by atoms with Crippen LogP contribution >= 0.6 is 0 Å². The zero-order valence-electron chi connectivity index (χ0n) is 10.2. The number of hydroxylamine groups is 1. The first-order valence-corrected chi connectivity index (χ1v) is 5.81. The number of aliphatic hydroxyl groups excluding tert-OH is 1. The van der Waals surface area contributed by atoms with Crippen LogP contribution in [-0.2, 0) is 4.79 Å². The molecule has 0 bridgehead atoms. The molecule has 0 aliphatic rings. The van der Waals surface area contributed by atoms with Gasteiger partial charge >= 0.3 is 0 Å². The average Bonchev–Trinajstić information content (AvgIpc) is 2.40. The van der Waals surface area contributed by atoms with Crippen molar-refractivity contribution in [3.05, 3.63) is 41.7 Å². The molecule has 0 unspecified atom stereocenters. The Hall–Kier alpha value is -1.92. The van der Waals surface area contributed by atoms with Gasteiger partial charge in [-0.3, -0.25) is 10.0 Å². The van der Waals surface area contributed by atoms with Crippen molar-refractivity contribution in [1.29, 1.82) is 0 Å². The predicted molar refractivity (Wildman–Crippen MR) is 65.9 cm³/mol. The van der Waals surface area contributed by atoms with E-state index in [2.05, 4.69) is 0 Å². The van der Waals surface area contributed by atoms with Gasteiger partial charge in [0.1, 0.15) is 0 Å². The van der Waals surface area contributed by atoms with Crippen LogP contribution in [0.4, 0.5) is 4.39 Å². The zero-order chi connectivity index (χ0) is 14.3. The van der Waals surface area contributed by atoms with Crippen LogP contribution in [0, 0.1) is 5.82 Å². The van der Waals surface area contributed by atoms with Gasteiger partial charge in [-0.05, 0) is 37.0 Å². The summed E-state index contributed by atoms with van der Waals surface area (Å²) in [6.45, 7) is 0. The van der Waals surface area contributed by atoms with Crippen LogP contribution in [0.2, 0.25) is 0 Å². The molecule has 4 N–H and O–H groups in total. The Balaban J connectivity index is 2.39. The fraction of sp³-hybridized carbons (Fsp3) is 0.308. The number of benzene rings is 1. The summed E-state index contributed by atoms with van der Waals surface area (Å²) in [4.78, 5) is 10.6. The Morgan fingerprint density at radius 3 is 2.84 bits per heavy atom. The zero-order valence-corrected chi connectivity index (χ0v) is 10.2. The summed E-state index contributed by atoms with van der Waals surface area (Å²) in [6.07, 6.45) is 3.47. The molecule has 0 fully saturated rings. The molecule has 1 amide bonds. The number of rotatable bonds is 6. The largest absolute Gasteiger partial charge is 0.505 e. The van der Waals surface area contributed by atoms with E-state index in [1.54, 1.807) is 6.08 Å². The number of hydrogen-bond donors (Lipinski definition) is 4. The molecule has 0 aliphatic carbocycles.